The second kappa shape index (κ2) is 5.40. The third-order valence-corrected chi connectivity index (χ3v) is 3.02. The number of anilines is 1. The number of hydrogen-bond donors (Lipinski definition) is 2. The molecule has 0 spiro atoms. The first-order chi connectivity index (χ1) is 9.11. The van der Waals surface area contributed by atoms with E-state index in [4.69, 9.17) is 10.4 Å². The van der Waals surface area contributed by atoms with Gasteiger partial charge >= 0.3 is 5.97 Å². The van der Waals surface area contributed by atoms with E-state index in [0.29, 0.717) is 6.54 Å². The quantitative estimate of drug-likeness (QED) is 0.763. The van der Waals surface area contributed by atoms with Crippen molar-refractivity contribution >= 4 is 17.6 Å². The Balaban J connectivity index is 2.12. The van der Waals surface area contributed by atoms with Crippen LogP contribution in [0, 0.1) is 11.3 Å². The standard InChI is InChI=1S/C13H13N3O3/c14-4-5-15-12(17)8-16-6-3-9-1-2-10(13(18)19)7-11(9)16/h1-2,7H,3,5-6,8H2,(H,15,17)(H,18,19). The average Bonchev–Trinajstić information content (AvgIpc) is 2.78. The number of nitrogens with one attached hydrogen (secondary N) is 1. The average molecular weight is 259 g/mol. The minimum Gasteiger partial charge on any atom is -0.478 e. The first kappa shape index (κ1) is 12.9. The van der Waals surface area contributed by atoms with E-state index < -0.39 is 5.97 Å². The molecule has 1 aliphatic heterocycles. The fraction of sp³-hybridized carbons (Fsp3) is 0.308. The summed E-state index contributed by atoms with van der Waals surface area (Å²) in [7, 11) is 0. The maximum atomic E-state index is 11.6. The van der Waals surface area contributed by atoms with Crippen molar-refractivity contribution in [2.45, 2.75) is 6.42 Å². The highest BCUT2D eigenvalue weighted by Crippen LogP contribution is 2.28. The Morgan fingerprint density at radius 1 is 1.47 bits per heavy atom. The lowest BCUT2D eigenvalue weighted by Crippen LogP contribution is -2.36. The topological polar surface area (TPSA) is 93.4 Å². The molecule has 0 saturated carbocycles. The SMILES string of the molecule is N#CCNC(=O)CN1CCc2ccc(C(=O)O)cc21. The van der Waals surface area contributed by atoms with Crippen LogP contribution in [0.1, 0.15) is 15.9 Å². The van der Waals surface area contributed by atoms with Crippen LogP contribution in [-0.4, -0.2) is 36.6 Å². The molecule has 1 aliphatic rings. The molecule has 0 bridgehead atoms. The molecule has 0 unspecified atom stereocenters. The van der Waals surface area contributed by atoms with E-state index in [0.717, 1.165) is 17.7 Å². The normalized spacial score (nSPS) is 12.7. The summed E-state index contributed by atoms with van der Waals surface area (Å²) in [5.41, 5.74) is 2.04. The van der Waals surface area contributed by atoms with Gasteiger partial charge in [-0.15, -0.1) is 0 Å². The molecule has 0 radical (unpaired) electrons. The molecule has 0 saturated heterocycles. The lowest BCUT2D eigenvalue weighted by atomic mass is 10.1. The summed E-state index contributed by atoms with van der Waals surface area (Å²) < 4.78 is 0. The van der Waals surface area contributed by atoms with Gasteiger partial charge in [0, 0.05) is 12.2 Å². The van der Waals surface area contributed by atoms with Crippen molar-refractivity contribution in [3.05, 3.63) is 29.3 Å². The van der Waals surface area contributed by atoms with Gasteiger partial charge in [0.05, 0.1) is 18.2 Å². The van der Waals surface area contributed by atoms with Crippen LogP contribution >= 0.6 is 0 Å². The minimum absolute atomic E-state index is 0.0192. The van der Waals surface area contributed by atoms with Crippen LogP contribution in [0.25, 0.3) is 0 Å². The molecule has 6 nitrogen and oxygen atoms in total. The molecule has 0 atom stereocenters. The fourth-order valence-corrected chi connectivity index (χ4v) is 2.11. The third kappa shape index (κ3) is 2.83. The second-order valence-electron chi connectivity index (χ2n) is 4.26. The highest BCUT2D eigenvalue weighted by atomic mass is 16.4. The van der Waals surface area contributed by atoms with Crippen LogP contribution in [0.2, 0.25) is 0 Å². The van der Waals surface area contributed by atoms with Gasteiger partial charge in [0.2, 0.25) is 5.91 Å². The molecule has 1 heterocycles. The van der Waals surface area contributed by atoms with Crippen molar-refractivity contribution < 1.29 is 14.7 Å². The largest absolute Gasteiger partial charge is 0.478 e. The van der Waals surface area contributed by atoms with E-state index in [9.17, 15) is 9.59 Å². The van der Waals surface area contributed by atoms with E-state index in [1.165, 1.54) is 0 Å². The van der Waals surface area contributed by atoms with E-state index in [2.05, 4.69) is 5.32 Å². The summed E-state index contributed by atoms with van der Waals surface area (Å²) in [6.07, 6.45) is 0.792. The van der Waals surface area contributed by atoms with Gasteiger partial charge in [0.25, 0.3) is 0 Å². The van der Waals surface area contributed by atoms with E-state index in [-0.39, 0.29) is 24.6 Å². The molecule has 98 valence electrons. The Morgan fingerprint density at radius 3 is 2.95 bits per heavy atom. The van der Waals surface area contributed by atoms with Crippen molar-refractivity contribution in [1.29, 1.82) is 5.26 Å². The molecular weight excluding hydrogens is 246 g/mol. The molecule has 1 aromatic rings. The molecule has 2 rings (SSSR count). The van der Waals surface area contributed by atoms with Gasteiger partial charge in [0.1, 0.15) is 6.54 Å². The molecule has 0 fully saturated rings. The predicted octanol–water partition coefficient (Wildman–Crippen LogP) is 0.387. The summed E-state index contributed by atoms with van der Waals surface area (Å²) in [5.74, 6) is -1.22. The minimum atomic E-state index is -0.983. The Morgan fingerprint density at radius 2 is 2.26 bits per heavy atom. The maximum Gasteiger partial charge on any atom is 0.335 e. The number of carboxylic acid groups (broad SMARTS) is 1. The van der Waals surface area contributed by atoms with Crippen molar-refractivity contribution in [1.82, 2.24) is 5.32 Å². The molecule has 1 aromatic carbocycles. The number of hydrogen-bond acceptors (Lipinski definition) is 4. The molecule has 0 aliphatic carbocycles. The number of nitriles is 1. The van der Waals surface area contributed by atoms with E-state index >= 15 is 0 Å². The van der Waals surface area contributed by atoms with Crippen molar-refractivity contribution in [2.75, 3.05) is 24.5 Å². The molecule has 6 heteroatoms. The highest BCUT2D eigenvalue weighted by molar-refractivity contribution is 5.90. The van der Waals surface area contributed by atoms with Gasteiger partial charge in [-0.25, -0.2) is 4.79 Å². The molecule has 19 heavy (non-hydrogen) atoms. The van der Waals surface area contributed by atoms with Crippen molar-refractivity contribution in [2.24, 2.45) is 0 Å². The smallest absolute Gasteiger partial charge is 0.335 e. The Labute approximate surface area is 110 Å². The van der Waals surface area contributed by atoms with Crippen LogP contribution in [0.3, 0.4) is 0 Å². The summed E-state index contributed by atoms with van der Waals surface area (Å²) in [4.78, 5) is 24.3. The highest BCUT2D eigenvalue weighted by Gasteiger charge is 2.22. The van der Waals surface area contributed by atoms with Crippen LogP contribution in [-0.2, 0) is 11.2 Å². The summed E-state index contributed by atoms with van der Waals surface area (Å²) in [6, 6.07) is 6.78. The zero-order valence-corrected chi connectivity index (χ0v) is 10.2. The Kier molecular flexibility index (Phi) is 3.66. The second-order valence-corrected chi connectivity index (χ2v) is 4.26. The van der Waals surface area contributed by atoms with Gasteiger partial charge in [-0.2, -0.15) is 5.26 Å². The Bertz CT molecular complexity index is 563. The van der Waals surface area contributed by atoms with Crippen LogP contribution in [0.4, 0.5) is 5.69 Å². The number of amides is 1. The first-order valence-electron chi connectivity index (χ1n) is 5.86. The summed E-state index contributed by atoms with van der Waals surface area (Å²) >= 11 is 0. The maximum absolute atomic E-state index is 11.6. The van der Waals surface area contributed by atoms with Crippen molar-refractivity contribution in [3.63, 3.8) is 0 Å². The lowest BCUT2D eigenvalue weighted by molar-refractivity contribution is -0.119. The lowest BCUT2D eigenvalue weighted by Gasteiger charge is -2.18. The van der Waals surface area contributed by atoms with Gasteiger partial charge in [-0.1, -0.05) is 6.07 Å². The van der Waals surface area contributed by atoms with E-state index in [1.807, 2.05) is 11.0 Å². The van der Waals surface area contributed by atoms with Gasteiger partial charge < -0.3 is 15.3 Å². The Hall–Kier alpha value is -2.55. The number of rotatable bonds is 4. The zero-order valence-electron chi connectivity index (χ0n) is 10.2. The van der Waals surface area contributed by atoms with Crippen LogP contribution in [0.5, 0.6) is 0 Å². The number of aromatic carboxylic acids is 1. The number of fused-ring (bicyclic) bond motifs is 1. The van der Waals surface area contributed by atoms with Gasteiger partial charge in [-0.3, -0.25) is 4.79 Å². The molecule has 2 N–H and O–H groups in total. The molecule has 1 amide bonds. The number of carbonyl (C=O) groups is 2. The first-order valence-corrected chi connectivity index (χ1v) is 5.86. The van der Waals surface area contributed by atoms with Gasteiger partial charge in [-0.05, 0) is 24.1 Å². The third-order valence-electron chi connectivity index (χ3n) is 3.02. The monoisotopic (exact) mass is 259 g/mol. The number of carboxylic acids is 1. The predicted molar refractivity (Wildman–Crippen MR) is 67.9 cm³/mol. The fourth-order valence-electron chi connectivity index (χ4n) is 2.11. The van der Waals surface area contributed by atoms with E-state index in [1.54, 1.807) is 18.2 Å². The number of benzene rings is 1. The molecular formula is C13H13N3O3. The van der Waals surface area contributed by atoms with Crippen LogP contribution in [0.15, 0.2) is 18.2 Å². The summed E-state index contributed by atoms with van der Waals surface area (Å²) in [5, 5.41) is 19.8. The van der Waals surface area contributed by atoms with Gasteiger partial charge in [0.15, 0.2) is 0 Å². The van der Waals surface area contributed by atoms with Crippen molar-refractivity contribution in [3.8, 4) is 6.07 Å². The number of carbonyl (C=O) groups excluding carboxylic acids is 1. The molecule has 0 aromatic heterocycles. The summed E-state index contributed by atoms with van der Waals surface area (Å²) in [6.45, 7) is 0.796. The zero-order chi connectivity index (χ0) is 13.8. The number of nitrogens with zero attached hydrogens (tertiary/aromatic N) is 2. The van der Waals surface area contributed by atoms with Crippen LogP contribution < -0.4 is 10.2 Å².